The number of hydrogen-bond donors (Lipinski definition) is 1. The second kappa shape index (κ2) is 8.22. The van der Waals surface area contributed by atoms with Gasteiger partial charge in [0.1, 0.15) is 5.58 Å². The van der Waals surface area contributed by atoms with Gasteiger partial charge < -0.3 is 19.2 Å². The van der Waals surface area contributed by atoms with Crippen molar-refractivity contribution >= 4 is 48.8 Å². The van der Waals surface area contributed by atoms with E-state index >= 15 is 0 Å². The monoisotopic (exact) mass is 505 g/mol. The Morgan fingerprint density at radius 2 is 1.90 bits per heavy atom. The van der Waals surface area contributed by atoms with Crippen LogP contribution >= 0.6 is 15.9 Å². The van der Waals surface area contributed by atoms with Crippen molar-refractivity contribution in [1.82, 2.24) is 4.31 Å². The van der Waals surface area contributed by atoms with E-state index in [-0.39, 0.29) is 23.9 Å². The molecule has 1 saturated heterocycles. The second-order valence-electron chi connectivity index (χ2n) is 6.77. The highest BCUT2D eigenvalue weighted by molar-refractivity contribution is 9.10. The number of nitriles is 1. The molecule has 1 aliphatic rings. The van der Waals surface area contributed by atoms with Gasteiger partial charge >= 0.3 is 6.16 Å². The quantitative estimate of drug-likeness (QED) is 0.532. The summed E-state index contributed by atoms with van der Waals surface area (Å²) >= 11 is 3.54. The molecule has 1 N–H and O–H groups in total. The van der Waals surface area contributed by atoms with Gasteiger partial charge in [0.05, 0.1) is 26.7 Å². The smallest absolute Gasteiger partial charge is 0.449 e. The maximum atomic E-state index is 12.9. The number of fused-ring (bicyclic) bond motifs is 1. The molecule has 31 heavy (non-hydrogen) atoms. The molecule has 0 aliphatic carbocycles. The molecule has 2 heterocycles. The number of nitrogens with zero attached hydrogens (tertiary/aromatic N) is 3. The second-order valence-corrected chi connectivity index (χ2v) is 9.51. The summed E-state index contributed by atoms with van der Waals surface area (Å²) in [5.74, 6) is -0.129. The first-order valence-corrected chi connectivity index (χ1v) is 11.4. The van der Waals surface area contributed by atoms with Crippen molar-refractivity contribution < 1.29 is 27.5 Å². The number of hydrogen-bond acceptors (Lipinski definition) is 7. The molecule has 0 unspecified atom stereocenters. The van der Waals surface area contributed by atoms with Crippen LogP contribution in [0.5, 0.6) is 5.95 Å². The average Bonchev–Trinajstić information content (AvgIpc) is 3.17. The van der Waals surface area contributed by atoms with Crippen LogP contribution in [0.3, 0.4) is 0 Å². The van der Waals surface area contributed by atoms with Crippen LogP contribution in [0.25, 0.3) is 11.0 Å². The van der Waals surface area contributed by atoms with Gasteiger partial charge in [0, 0.05) is 37.6 Å². The summed E-state index contributed by atoms with van der Waals surface area (Å²) in [5, 5.41) is 18.4. The van der Waals surface area contributed by atoms with Gasteiger partial charge in [-0.25, -0.2) is 13.2 Å². The SMILES string of the molecule is N#Cc1cccc(S(=O)(=O)N2CCN(c3ccc4oc(OC(=O)O)cc4c3Br)CC2)c1. The van der Waals surface area contributed by atoms with Crippen molar-refractivity contribution in [2.75, 3.05) is 31.1 Å². The van der Waals surface area contributed by atoms with Gasteiger partial charge in [-0.2, -0.15) is 9.57 Å². The Labute approximate surface area is 186 Å². The van der Waals surface area contributed by atoms with E-state index in [9.17, 15) is 13.2 Å². The van der Waals surface area contributed by atoms with Crippen molar-refractivity contribution in [3.8, 4) is 12.0 Å². The number of piperazine rings is 1. The highest BCUT2D eigenvalue weighted by atomic mass is 79.9. The Kier molecular flexibility index (Phi) is 5.62. The minimum atomic E-state index is -3.70. The number of benzene rings is 2. The summed E-state index contributed by atoms with van der Waals surface area (Å²) in [6.45, 7) is 1.47. The lowest BCUT2D eigenvalue weighted by Crippen LogP contribution is -2.48. The van der Waals surface area contributed by atoms with Gasteiger partial charge in [0.25, 0.3) is 5.95 Å². The Hall–Kier alpha value is -3.07. The van der Waals surface area contributed by atoms with Crippen LogP contribution in [0.4, 0.5) is 10.5 Å². The number of furan rings is 1. The molecule has 4 rings (SSSR count). The molecule has 1 fully saturated rings. The molecule has 3 aromatic rings. The van der Waals surface area contributed by atoms with Gasteiger partial charge in [-0.05, 0) is 46.3 Å². The molecule has 0 amide bonds. The van der Waals surface area contributed by atoms with Crippen LogP contribution in [-0.2, 0) is 10.0 Å². The van der Waals surface area contributed by atoms with Gasteiger partial charge in [-0.15, -0.1) is 0 Å². The molecule has 160 valence electrons. The van der Waals surface area contributed by atoms with E-state index in [1.807, 2.05) is 17.0 Å². The van der Waals surface area contributed by atoms with Gasteiger partial charge in [-0.3, -0.25) is 0 Å². The number of halogens is 1. The molecule has 1 aliphatic heterocycles. The normalized spacial score (nSPS) is 15.0. The summed E-state index contributed by atoms with van der Waals surface area (Å²) in [5.41, 5.74) is 1.59. The van der Waals surface area contributed by atoms with Crippen LogP contribution in [0.2, 0.25) is 0 Å². The van der Waals surface area contributed by atoms with Crippen molar-refractivity contribution in [1.29, 1.82) is 5.26 Å². The van der Waals surface area contributed by atoms with Crippen LogP contribution in [-0.4, -0.2) is 50.2 Å². The molecule has 11 heteroatoms. The summed E-state index contributed by atoms with van der Waals surface area (Å²) < 4.78 is 37.9. The van der Waals surface area contributed by atoms with Crippen molar-refractivity contribution in [3.63, 3.8) is 0 Å². The average molecular weight is 506 g/mol. The minimum Gasteiger partial charge on any atom is -0.449 e. The highest BCUT2D eigenvalue weighted by Gasteiger charge is 2.29. The number of ether oxygens (including phenoxy) is 1. The number of carboxylic acid groups (broad SMARTS) is 1. The van der Waals surface area contributed by atoms with Crippen LogP contribution in [0.15, 0.2) is 56.2 Å². The fourth-order valence-electron chi connectivity index (χ4n) is 3.47. The third-order valence-electron chi connectivity index (χ3n) is 4.96. The molecule has 9 nitrogen and oxygen atoms in total. The van der Waals surface area contributed by atoms with E-state index in [4.69, 9.17) is 14.8 Å². The van der Waals surface area contributed by atoms with Gasteiger partial charge in [0.15, 0.2) is 0 Å². The fraction of sp³-hybridized carbons (Fsp3) is 0.200. The summed E-state index contributed by atoms with van der Waals surface area (Å²) in [6.07, 6.45) is -1.46. The van der Waals surface area contributed by atoms with Crippen LogP contribution in [0, 0.1) is 11.3 Å². The van der Waals surface area contributed by atoms with Crippen LogP contribution in [0.1, 0.15) is 5.56 Å². The first-order valence-electron chi connectivity index (χ1n) is 9.17. The molecule has 0 atom stereocenters. The lowest BCUT2D eigenvalue weighted by atomic mass is 10.2. The highest BCUT2D eigenvalue weighted by Crippen LogP contribution is 2.38. The predicted molar refractivity (Wildman–Crippen MR) is 115 cm³/mol. The predicted octanol–water partition coefficient (Wildman–Crippen LogP) is 3.63. The lowest BCUT2D eigenvalue weighted by Gasteiger charge is -2.35. The molecular formula is C20H16BrN3O6S. The molecule has 1 aromatic heterocycles. The molecule has 2 aromatic carbocycles. The standard InChI is InChI=1S/C20H16BrN3O6S/c21-19-15-11-18(30-20(25)26)29-17(15)5-4-16(19)23-6-8-24(9-7-23)31(27,28)14-3-1-2-13(10-14)12-22/h1-5,10-11H,6-9H2,(H,25,26). The zero-order chi connectivity index (χ0) is 22.2. The van der Waals surface area contributed by atoms with Gasteiger partial charge in [-0.1, -0.05) is 6.07 Å². The third kappa shape index (κ3) is 4.10. The number of rotatable bonds is 4. The molecule has 0 spiro atoms. The van der Waals surface area contributed by atoms with E-state index in [2.05, 4.69) is 20.7 Å². The molecule has 0 radical (unpaired) electrons. The van der Waals surface area contributed by atoms with E-state index in [0.29, 0.717) is 34.1 Å². The Morgan fingerprint density at radius 1 is 1.16 bits per heavy atom. The zero-order valence-electron chi connectivity index (χ0n) is 16.0. The number of sulfonamides is 1. The Bertz CT molecular complexity index is 1310. The fourth-order valence-corrected chi connectivity index (χ4v) is 5.63. The summed E-state index contributed by atoms with van der Waals surface area (Å²) in [7, 11) is -3.70. The minimum absolute atomic E-state index is 0.104. The number of carbonyl (C=O) groups is 1. The molecule has 0 bridgehead atoms. The number of anilines is 1. The maximum Gasteiger partial charge on any atom is 0.513 e. The summed E-state index contributed by atoms with van der Waals surface area (Å²) in [6, 6.07) is 13.0. The molecular weight excluding hydrogens is 490 g/mol. The van der Waals surface area contributed by atoms with E-state index in [1.165, 1.54) is 22.5 Å². The zero-order valence-corrected chi connectivity index (χ0v) is 18.4. The largest absolute Gasteiger partial charge is 0.513 e. The van der Waals surface area contributed by atoms with Crippen LogP contribution < -0.4 is 9.64 Å². The molecule has 0 saturated carbocycles. The Morgan fingerprint density at radius 3 is 2.58 bits per heavy atom. The first-order chi connectivity index (χ1) is 14.8. The van der Waals surface area contributed by atoms with Crippen molar-refractivity contribution in [2.24, 2.45) is 0 Å². The topological polar surface area (TPSA) is 124 Å². The first kappa shape index (κ1) is 21.2. The third-order valence-corrected chi connectivity index (χ3v) is 7.69. The van der Waals surface area contributed by atoms with Crippen molar-refractivity contribution in [3.05, 3.63) is 52.5 Å². The Balaban J connectivity index is 1.53. The van der Waals surface area contributed by atoms with Crippen molar-refractivity contribution in [2.45, 2.75) is 4.90 Å². The maximum absolute atomic E-state index is 12.9. The van der Waals surface area contributed by atoms with E-state index in [0.717, 1.165) is 5.69 Å². The van der Waals surface area contributed by atoms with E-state index in [1.54, 1.807) is 18.2 Å². The summed E-state index contributed by atoms with van der Waals surface area (Å²) in [4.78, 5) is 12.9. The van der Waals surface area contributed by atoms with E-state index < -0.39 is 16.2 Å². The van der Waals surface area contributed by atoms with Gasteiger partial charge in [0.2, 0.25) is 10.0 Å². The lowest BCUT2D eigenvalue weighted by molar-refractivity contribution is 0.134.